The molecule has 2 aromatic carbocycles. The smallest absolute Gasteiger partial charge is 0.183 e. The number of ether oxygens (including phenoxy) is 1. The van der Waals surface area contributed by atoms with Gasteiger partial charge in [0, 0.05) is 0 Å². The number of para-hydroxylation sites is 1. The minimum Gasteiger partial charge on any atom is -0.493 e. The largest absolute Gasteiger partial charge is 0.493 e. The van der Waals surface area contributed by atoms with Crippen LogP contribution in [-0.4, -0.2) is 20.8 Å². The Balaban J connectivity index is 2.06. The number of halogens is 1. The van der Waals surface area contributed by atoms with E-state index in [1.807, 2.05) is 6.07 Å². The molecule has 0 amide bonds. The van der Waals surface area contributed by atoms with Gasteiger partial charge in [0.15, 0.2) is 9.84 Å². The van der Waals surface area contributed by atoms with E-state index in [0.717, 1.165) is 12.1 Å². The van der Waals surface area contributed by atoms with Crippen molar-refractivity contribution in [2.24, 2.45) is 0 Å². The Bertz CT molecular complexity index is 687. The fourth-order valence-corrected chi connectivity index (χ4v) is 2.92. The van der Waals surface area contributed by atoms with Crippen LogP contribution in [0.3, 0.4) is 0 Å². The van der Waals surface area contributed by atoms with Crippen molar-refractivity contribution in [3.8, 4) is 5.75 Å². The molecule has 2 N–H and O–H groups in total. The third-order valence-electron chi connectivity index (χ3n) is 2.67. The summed E-state index contributed by atoms with van der Waals surface area (Å²) in [5.74, 6) is -0.327. The van der Waals surface area contributed by atoms with Crippen molar-refractivity contribution in [1.82, 2.24) is 0 Å². The van der Waals surface area contributed by atoms with Crippen LogP contribution in [0.4, 0.5) is 10.1 Å². The highest BCUT2D eigenvalue weighted by atomic mass is 32.2. The van der Waals surface area contributed by atoms with Gasteiger partial charge < -0.3 is 10.5 Å². The minimum atomic E-state index is -3.67. The maximum atomic E-state index is 13.1. The lowest BCUT2D eigenvalue weighted by Crippen LogP contribution is -2.15. The molecule has 4 nitrogen and oxygen atoms in total. The van der Waals surface area contributed by atoms with Crippen LogP contribution >= 0.6 is 0 Å². The average molecular weight is 295 g/mol. The average Bonchev–Trinajstić information content (AvgIpc) is 2.42. The summed E-state index contributed by atoms with van der Waals surface area (Å²) in [5.41, 5.74) is 5.61. The van der Waals surface area contributed by atoms with Crippen molar-refractivity contribution in [3.05, 3.63) is 54.3 Å². The molecule has 0 bridgehead atoms. The molecule has 0 radical (unpaired) electrons. The molecule has 0 aromatic heterocycles. The molecule has 0 heterocycles. The number of sulfone groups is 1. The maximum absolute atomic E-state index is 13.1. The zero-order valence-electron chi connectivity index (χ0n) is 10.6. The molecule has 0 fully saturated rings. The molecule has 0 spiro atoms. The highest BCUT2D eigenvalue weighted by Crippen LogP contribution is 2.20. The second kappa shape index (κ2) is 5.92. The standard InChI is InChI=1S/C14H14FNO3S/c15-11-6-7-13(16)14(10-11)20(17,18)9-8-19-12-4-2-1-3-5-12/h1-7,10H,8-9,16H2. The van der Waals surface area contributed by atoms with Gasteiger partial charge >= 0.3 is 0 Å². The summed E-state index contributed by atoms with van der Waals surface area (Å²) in [6.07, 6.45) is 0. The van der Waals surface area contributed by atoms with E-state index in [9.17, 15) is 12.8 Å². The van der Waals surface area contributed by atoms with E-state index in [4.69, 9.17) is 10.5 Å². The quantitative estimate of drug-likeness (QED) is 0.859. The molecule has 0 aliphatic rings. The Kier molecular flexibility index (Phi) is 4.24. The summed E-state index contributed by atoms with van der Waals surface area (Å²) in [7, 11) is -3.67. The van der Waals surface area contributed by atoms with E-state index in [1.165, 1.54) is 6.07 Å². The molecule has 0 saturated carbocycles. The first-order chi connectivity index (χ1) is 9.49. The molecule has 0 unspecified atom stereocenters. The van der Waals surface area contributed by atoms with Gasteiger partial charge in [-0.05, 0) is 30.3 Å². The second-order valence-corrected chi connectivity index (χ2v) is 6.24. The first kappa shape index (κ1) is 14.3. The fourth-order valence-electron chi connectivity index (χ4n) is 1.67. The summed E-state index contributed by atoms with van der Waals surface area (Å²) in [4.78, 5) is -0.200. The summed E-state index contributed by atoms with van der Waals surface area (Å²) >= 11 is 0. The summed E-state index contributed by atoms with van der Waals surface area (Å²) in [6, 6.07) is 12.1. The van der Waals surface area contributed by atoms with E-state index >= 15 is 0 Å². The lowest BCUT2D eigenvalue weighted by molar-refractivity contribution is 0.341. The molecule has 0 aliphatic heterocycles. The van der Waals surface area contributed by atoms with Crippen LogP contribution in [0.15, 0.2) is 53.4 Å². The first-order valence-electron chi connectivity index (χ1n) is 5.95. The lowest BCUT2D eigenvalue weighted by atomic mass is 10.3. The Morgan fingerprint density at radius 3 is 2.50 bits per heavy atom. The first-order valence-corrected chi connectivity index (χ1v) is 7.60. The van der Waals surface area contributed by atoms with Crippen LogP contribution < -0.4 is 10.5 Å². The van der Waals surface area contributed by atoms with Crippen molar-refractivity contribution >= 4 is 15.5 Å². The molecule has 2 rings (SSSR count). The molecular weight excluding hydrogens is 281 g/mol. The van der Waals surface area contributed by atoms with Gasteiger partial charge in [-0.1, -0.05) is 18.2 Å². The fraction of sp³-hybridized carbons (Fsp3) is 0.143. The summed E-state index contributed by atoms with van der Waals surface area (Å²) in [5, 5.41) is 0. The van der Waals surface area contributed by atoms with Gasteiger partial charge in [-0.2, -0.15) is 0 Å². The molecule has 2 aromatic rings. The van der Waals surface area contributed by atoms with Gasteiger partial charge in [-0.3, -0.25) is 0 Å². The van der Waals surface area contributed by atoms with E-state index < -0.39 is 15.7 Å². The Morgan fingerprint density at radius 1 is 1.10 bits per heavy atom. The van der Waals surface area contributed by atoms with E-state index in [0.29, 0.717) is 5.75 Å². The normalized spacial score (nSPS) is 11.2. The summed E-state index contributed by atoms with van der Waals surface area (Å²) in [6.45, 7) is -0.0255. The topological polar surface area (TPSA) is 69.4 Å². The Hall–Kier alpha value is -2.08. The maximum Gasteiger partial charge on any atom is 0.183 e. The zero-order chi connectivity index (χ0) is 14.6. The van der Waals surface area contributed by atoms with Gasteiger partial charge in [-0.15, -0.1) is 0 Å². The molecule has 0 saturated heterocycles. The Labute approximate surface area is 116 Å². The molecule has 20 heavy (non-hydrogen) atoms. The number of hydrogen-bond donors (Lipinski definition) is 1. The monoisotopic (exact) mass is 295 g/mol. The molecule has 106 valence electrons. The zero-order valence-corrected chi connectivity index (χ0v) is 11.4. The van der Waals surface area contributed by atoms with Crippen molar-refractivity contribution in [1.29, 1.82) is 0 Å². The minimum absolute atomic E-state index is 0.0255. The van der Waals surface area contributed by atoms with Gasteiger partial charge in [0.05, 0.1) is 16.3 Å². The highest BCUT2D eigenvalue weighted by molar-refractivity contribution is 7.91. The third kappa shape index (κ3) is 3.48. The van der Waals surface area contributed by atoms with E-state index in [-0.39, 0.29) is 22.9 Å². The number of rotatable bonds is 5. The van der Waals surface area contributed by atoms with Crippen LogP contribution in [0.2, 0.25) is 0 Å². The number of nitrogens with two attached hydrogens (primary N) is 1. The SMILES string of the molecule is Nc1ccc(F)cc1S(=O)(=O)CCOc1ccccc1. The van der Waals surface area contributed by atoms with Gasteiger partial charge in [0.1, 0.15) is 18.2 Å². The number of benzene rings is 2. The predicted molar refractivity (Wildman–Crippen MR) is 74.8 cm³/mol. The number of hydrogen-bond acceptors (Lipinski definition) is 4. The predicted octanol–water partition coefficient (Wildman–Crippen LogP) is 2.26. The highest BCUT2D eigenvalue weighted by Gasteiger charge is 2.18. The van der Waals surface area contributed by atoms with Crippen molar-refractivity contribution < 1.29 is 17.5 Å². The van der Waals surface area contributed by atoms with E-state index in [1.54, 1.807) is 24.3 Å². The van der Waals surface area contributed by atoms with Crippen LogP contribution in [0.25, 0.3) is 0 Å². The van der Waals surface area contributed by atoms with Crippen LogP contribution in [0.1, 0.15) is 0 Å². The van der Waals surface area contributed by atoms with Crippen molar-refractivity contribution in [2.45, 2.75) is 4.90 Å². The lowest BCUT2D eigenvalue weighted by Gasteiger charge is -2.09. The van der Waals surface area contributed by atoms with Crippen molar-refractivity contribution in [3.63, 3.8) is 0 Å². The van der Waals surface area contributed by atoms with Crippen LogP contribution in [-0.2, 0) is 9.84 Å². The third-order valence-corrected chi connectivity index (χ3v) is 4.40. The molecular formula is C14H14FNO3S. The van der Waals surface area contributed by atoms with Gasteiger partial charge in [-0.25, -0.2) is 12.8 Å². The summed E-state index contributed by atoms with van der Waals surface area (Å²) < 4.78 is 42.6. The molecule has 0 aliphatic carbocycles. The number of nitrogen functional groups attached to an aromatic ring is 1. The second-order valence-electron chi connectivity index (χ2n) is 4.16. The number of anilines is 1. The van der Waals surface area contributed by atoms with Crippen LogP contribution in [0, 0.1) is 5.82 Å². The molecule has 6 heteroatoms. The van der Waals surface area contributed by atoms with Crippen molar-refractivity contribution in [2.75, 3.05) is 18.1 Å². The van der Waals surface area contributed by atoms with Gasteiger partial charge in [0.2, 0.25) is 0 Å². The Morgan fingerprint density at radius 2 is 1.80 bits per heavy atom. The van der Waals surface area contributed by atoms with Crippen LogP contribution in [0.5, 0.6) is 5.75 Å². The van der Waals surface area contributed by atoms with E-state index in [2.05, 4.69) is 0 Å². The molecule has 0 atom stereocenters. The van der Waals surface area contributed by atoms with Gasteiger partial charge in [0.25, 0.3) is 0 Å².